The molecule has 0 saturated heterocycles. The molecule has 21 heavy (non-hydrogen) atoms. The van der Waals surface area contributed by atoms with Crippen molar-refractivity contribution >= 4 is 41.0 Å². The van der Waals surface area contributed by atoms with Crippen LogP contribution in [0.4, 0.5) is 0 Å². The first-order chi connectivity index (χ1) is 9.70. The van der Waals surface area contributed by atoms with Crippen LogP contribution >= 0.6 is 35.1 Å². The van der Waals surface area contributed by atoms with E-state index in [0.29, 0.717) is 13.1 Å². The largest absolute Gasteiger partial charge is 0.383 e. The minimum Gasteiger partial charge on any atom is -0.383 e. The van der Waals surface area contributed by atoms with E-state index in [1.54, 1.807) is 34.7 Å². The number of carbonyl (C=O) groups excluding carboxylic acids is 1. The first-order valence-electron chi connectivity index (χ1n) is 6.28. The molecule has 4 nitrogen and oxygen atoms in total. The van der Waals surface area contributed by atoms with Gasteiger partial charge in [-0.2, -0.15) is 0 Å². The van der Waals surface area contributed by atoms with Gasteiger partial charge < -0.3 is 15.4 Å². The maximum Gasteiger partial charge on any atom is 0.242 e. The average Bonchev–Trinajstić information content (AvgIpc) is 3.10. The van der Waals surface area contributed by atoms with Crippen molar-refractivity contribution in [1.29, 1.82) is 0 Å². The summed E-state index contributed by atoms with van der Waals surface area (Å²) in [6.07, 6.45) is 0. The highest BCUT2D eigenvalue weighted by molar-refractivity contribution is 7.10. The summed E-state index contributed by atoms with van der Waals surface area (Å²) < 4.78 is 4.98. The van der Waals surface area contributed by atoms with Gasteiger partial charge in [0.05, 0.1) is 19.7 Å². The molecule has 0 aromatic carbocycles. The maximum atomic E-state index is 12.4. The molecule has 0 fully saturated rings. The predicted octanol–water partition coefficient (Wildman–Crippen LogP) is 2.73. The second-order valence-electron chi connectivity index (χ2n) is 4.41. The van der Waals surface area contributed by atoms with Crippen LogP contribution in [0.25, 0.3) is 0 Å². The Morgan fingerprint density at radius 3 is 2.14 bits per heavy atom. The Balaban J connectivity index is 0.00000220. The van der Waals surface area contributed by atoms with Gasteiger partial charge in [0, 0.05) is 16.9 Å². The summed E-state index contributed by atoms with van der Waals surface area (Å²) >= 11 is 3.29. The standard InChI is InChI=1S/C14H18N2O2S2.ClH/c1-18-10-13(15)14(17)16(8-11-4-2-6-19-11)9-12-5-3-7-20-12;/h2-7,13H,8-10,15H2,1H3;1H. The van der Waals surface area contributed by atoms with E-state index < -0.39 is 6.04 Å². The summed E-state index contributed by atoms with van der Waals surface area (Å²) in [4.78, 5) is 16.5. The van der Waals surface area contributed by atoms with Crippen molar-refractivity contribution in [1.82, 2.24) is 4.90 Å². The van der Waals surface area contributed by atoms with Crippen molar-refractivity contribution in [2.45, 2.75) is 19.1 Å². The molecule has 2 heterocycles. The molecule has 2 aromatic heterocycles. The van der Waals surface area contributed by atoms with E-state index in [-0.39, 0.29) is 24.9 Å². The van der Waals surface area contributed by atoms with Crippen LogP contribution in [-0.4, -0.2) is 30.6 Å². The summed E-state index contributed by atoms with van der Waals surface area (Å²) in [5, 5.41) is 4.02. The van der Waals surface area contributed by atoms with Crippen LogP contribution in [0.2, 0.25) is 0 Å². The molecule has 0 aliphatic rings. The molecule has 0 aliphatic carbocycles. The second-order valence-corrected chi connectivity index (χ2v) is 6.48. The Morgan fingerprint density at radius 1 is 1.24 bits per heavy atom. The van der Waals surface area contributed by atoms with Crippen LogP contribution in [0.3, 0.4) is 0 Å². The van der Waals surface area contributed by atoms with Crippen LogP contribution < -0.4 is 5.73 Å². The van der Waals surface area contributed by atoms with E-state index in [1.807, 2.05) is 35.0 Å². The quantitative estimate of drug-likeness (QED) is 0.838. The molecule has 2 N–H and O–H groups in total. The van der Waals surface area contributed by atoms with Gasteiger partial charge in [-0.25, -0.2) is 0 Å². The third kappa shape index (κ3) is 5.41. The smallest absolute Gasteiger partial charge is 0.242 e. The number of nitrogens with zero attached hydrogens (tertiary/aromatic N) is 1. The van der Waals surface area contributed by atoms with Crippen LogP contribution in [0, 0.1) is 0 Å². The van der Waals surface area contributed by atoms with E-state index in [9.17, 15) is 4.79 Å². The van der Waals surface area contributed by atoms with E-state index in [1.165, 1.54) is 0 Å². The van der Waals surface area contributed by atoms with Gasteiger partial charge in [0.25, 0.3) is 0 Å². The summed E-state index contributed by atoms with van der Waals surface area (Å²) in [5.41, 5.74) is 5.88. The monoisotopic (exact) mass is 346 g/mol. The molecule has 1 unspecified atom stereocenters. The van der Waals surface area contributed by atoms with Crippen molar-refractivity contribution in [3.8, 4) is 0 Å². The third-order valence-corrected chi connectivity index (χ3v) is 4.55. The molecule has 7 heteroatoms. The lowest BCUT2D eigenvalue weighted by Crippen LogP contribution is -2.45. The van der Waals surface area contributed by atoms with Crippen LogP contribution in [-0.2, 0) is 22.6 Å². The number of thiophene rings is 2. The molecule has 0 bridgehead atoms. The summed E-state index contributed by atoms with van der Waals surface area (Å²) in [6, 6.07) is 7.42. The number of methoxy groups -OCH3 is 1. The summed E-state index contributed by atoms with van der Waals surface area (Å²) in [5.74, 6) is -0.0753. The molecular formula is C14H19ClN2O2S2. The lowest BCUT2D eigenvalue weighted by atomic mass is 10.2. The zero-order chi connectivity index (χ0) is 14.4. The molecular weight excluding hydrogens is 328 g/mol. The van der Waals surface area contributed by atoms with Gasteiger partial charge in [-0.3, -0.25) is 4.79 Å². The first-order valence-corrected chi connectivity index (χ1v) is 8.04. The first kappa shape index (κ1) is 18.1. The summed E-state index contributed by atoms with van der Waals surface area (Å²) in [6.45, 7) is 1.42. The third-order valence-electron chi connectivity index (χ3n) is 2.83. The number of halogens is 1. The molecule has 1 atom stereocenters. The van der Waals surface area contributed by atoms with Crippen molar-refractivity contribution < 1.29 is 9.53 Å². The van der Waals surface area contributed by atoms with E-state index in [0.717, 1.165) is 9.75 Å². The van der Waals surface area contributed by atoms with Crippen molar-refractivity contribution in [3.63, 3.8) is 0 Å². The lowest BCUT2D eigenvalue weighted by Gasteiger charge is -2.24. The number of nitrogens with two attached hydrogens (primary N) is 1. The topological polar surface area (TPSA) is 55.6 Å². The number of carbonyl (C=O) groups is 1. The van der Waals surface area contributed by atoms with Gasteiger partial charge in [-0.05, 0) is 22.9 Å². The molecule has 2 rings (SSSR count). The SMILES string of the molecule is COCC(N)C(=O)N(Cc1cccs1)Cc1cccs1.Cl. The Hall–Kier alpha value is -0.920. The molecule has 0 radical (unpaired) electrons. The van der Waals surface area contributed by atoms with Gasteiger partial charge >= 0.3 is 0 Å². The Kier molecular flexibility index (Phi) is 7.92. The predicted molar refractivity (Wildman–Crippen MR) is 90.0 cm³/mol. The fourth-order valence-electron chi connectivity index (χ4n) is 1.88. The van der Waals surface area contributed by atoms with E-state index in [4.69, 9.17) is 10.5 Å². The minimum absolute atomic E-state index is 0. The number of hydrogen-bond acceptors (Lipinski definition) is 5. The van der Waals surface area contributed by atoms with Crippen molar-refractivity contribution in [2.75, 3.05) is 13.7 Å². The van der Waals surface area contributed by atoms with E-state index >= 15 is 0 Å². The molecule has 1 amide bonds. The van der Waals surface area contributed by atoms with Crippen LogP contribution in [0.15, 0.2) is 35.0 Å². The van der Waals surface area contributed by atoms with Crippen LogP contribution in [0.5, 0.6) is 0 Å². The zero-order valence-electron chi connectivity index (χ0n) is 11.7. The van der Waals surface area contributed by atoms with Gasteiger partial charge in [0.1, 0.15) is 6.04 Å². The Labute approximate surface area is 138 Å². The average molecular weight is 347 g/mol. The Bertz CT molecular complexity index is 481. The van der Waals surface area contributed by atoms with Crippen molar-refractivity contribution in [2.24, 2.45) is 5.73 Å². The summed E-state index contributed by atoms with van der Waals surface area (Å²) in [7, 11) is 1.55. The highest BCUT2D eigenvalue weighted by atomic mass is 35.5. The van der Waals surface area contributed by atoms with Gasteiger partial charge in [0.2, 0.25) is 5.91 Å². The van der Waals surface area contributed by atoms with Gasteiger partial charge in [-0.1, -0.05) is 12.1 Å². The van der Waals surface area contributed by atoms with Gasteiger partial charge in [0.15, 0.2) is 0 Å². The normalized spacial score (nSPS) is 11.7. The highest BCUT2D eigenvalue weighted by Crippen LogP contribution is 2.17. The number of rotatable bonds is 7. The fraction of sp³-hybridized carbons (Fsp3) is 0.357. The zero-order valence-corrected chi connectivity index (χ0v) is 14.2. The van der Waals surface area contributed by atoms with Gasteiger partial charge in [-0.15, -0.1) is 35.1 Å². The number of ether oxygens (including phenoxy) is 1. The molecule has 0 aliphatic heterocycles. The number of hydrogen-bond donors (Lipinski definition) is 1. The second kappa shape index (κ2) is 9.17. The Morgan fingerprint density at radius 2 is 1.76 bits per heavy atom. The molecule has 116 valence electrons. The van der Waals surface area contributed by atoms with E-state index in [2.05, 4.69) is 0 Å². The van der Waals surface area contributed by atoms with Crippen molar-refractivity contribution in [3.05, 3.63) is 44.8 Å². The lowest BCUT2D eigenvalue weighted by molar-refractivity contribution is -0.135. The number of amides is 1. The highest BCUT2D eigenvalue weighted by Gasteiger charge is 2.22. The molecule has 0 saturated carbocycles. The fourth-order valence-corrected chi connectivity index (χ4v) is 3.32. The maximum absolute atomic E-state index is 12.4. The molecule has 0 spiro atoms. The minimum atomic E-state index is -0.611. The van der Waals surface area contributed by atoms with Crippen LogP contribution in [0.1, 0.15) is 9.75 Å². The molecule has 2 aromatic rings.